The van der Waals surface area contributed by atoms with Crippen molar-refractivity contribution in [2.45, 2.75) is 0 Å². The Bertz CT molecular complexity index is 250. The van der Waals surface area contributed by atoms with Gasteiger partial charge in [-0.05, 0) is 0 Å². The zero-order valence-electron chi connectivity index (χ0n) is 5.20. The zero-order chi connectivity index (χ0) is 8.43. The maximum Gasteiger partial charge on any atom is 0.165 e. The molecule has 5 nitrogen and oxygen atoms in total. The van der Waals surface area contributed by atoms with Crippen molar-refractivity contribution >= 4 is 28.4 Å². The van der Waals surface area contributed by atoms with Gasteiger partial charge in [0, 0.05) is 0 Å². The van der Waals surface area contributed by atoms with E-state index in [9.17, 15) is 10.1 Å². The number of hydrogen-bond acceptors (Lipinski definition) is 3. The average Bonchev–Trinajstić information content (AvgIpc) is 1.85. The molecule has 1 aliphatic heterocycles. The summed E-state index contributed by atoms with van der Waals surface area (Å²) in [5.74, 6) is 0. The van der Waals surface area contributed by atoms with Crippen LogP contribution in [0.4, 0.5) is 0 Å². The molecule has 1 heterocycles. The van der Waals surface area contributed by atoms with Crippen LogP contribution in [0.15, 0.2) is 16.3 Å². The molecular weight excluding hydrogens is 193 g/mol. The lowest BCUT2D eigenvalue weighted by Crippen LogP contribution is -2.30. The first-order valence-electron chi connectivity index (χ1n) is 2.61. The maximum absolute atomic E-state index is 10.2. The molecule has 60 valence electrons. The van der Waals surface area contributed by atoms with E-state index in [-0.39, 0.29) is 16.9 Å². The molecule has 0 atom stereocenters. The van der Waals surface area contributed by atoms with Gasteiger partial charge in [-0.25, -0.2) is 15.1 Å². The summed E-state index contributed by atoms with van der Waals surface area (Å²) in [4.78, 5) is 13.7. The SMILES string of the molecule is O=[N+]([O-])N1C=C(Cl)N=C(Cl)C1. The fourth-order valence-electron chi connectivity index (χ4n) is 0.587. The molecule has 0 aromatic heterocycles. The summed E-state index contributed by atoms with van der Waals surface area (Å²) in [5, 5.41) is 10.4. The summed E-state index contributed by atoms with van der Waals surface area (Å²) >= 11 is 10.8. The Morgan fingerprint density at radius 1 is 1.73 bits per heavy atom. The Kier molecular flexibility index (Phi) is 2.31. The zero-order valence-corrected chi connectivity index (χ0v) is 6.71. The molecule has 0 fully saturated rings. The van der Waals surface area contributed by atoms with Crippen LogP contribution in [0.1, 0.15) is 0 Å². The van der Waals surface area contributed by atoms with Gasteiger partial charge < -0.3 is 0 Å². The van der Waals surface area contributed by atoms with E-state index in [0.29, 0.717) is 0 Å². The van der Waals surface area contributed by atoms with Crippen LogP contribution in [0.25, 0.3) is 0 Å². The Morgan fingerprint density at radius 3 is 2.82 bits per heavy atom. The van der Waals surface area contributed by atoms with Crippen LogP contribution in [0.3, 0.4) is 0 Å². The van der Waals surface area contributed by atoms with Crippen LogP contribution in [-0.2, 0) is 0 Å². The molecule has 1 aliphatic rings. The van der Waals surface area contributed by atoms with Gasteiger partial charge in [0.2, 0.25) is 0 Å². The van der Waals surface area contributed by atoms with Crippen LogP contribution in [0.2, 0.25) is 0 Å². The summed E-state index contributed by atoms with van der Waals surface area (Å²) < 4.78 is 0. The second-order valence-electron chi connectivity index (χ2n) is 1.78. The molecule has 0 radical (unpaired) electrons. The molecule has 0 saturated carbocycles. The minimum Gasteiger partial charge on any atom is -0.234 e. The van der Waals surface area contributed by atoms with E-state index in [1.54, 1.807) is 0 Å². The van der Waals surface area contributed by atoms with Crippen molar-refractivity contribution in [2.24, 2.45) is 4.99 Å². The molecular formula is C4H3Cl2N3O2. The Labute approximate surface area is 72.0 Å². The molecule has 0 bridgehead atoms. The van der Waals surface area contributed by atoms with Crippen LogP contribution < -0.4 is 0 Å². The van der Waals surface area contributed by atoms with E-state index in [2.05, 4.69) is 4.99 Å². The highest BCUT2D eigenvalue weighted by Crippen LogP contribution is 2.12. The molecule has 7 heteroatoms. The van der Waals surface area contributed by atoms with Crippen LogP contribution in [0.5, 0.6) is 0 Å². The molecule has 0 spiro atoms. The van der Waals surface area contributed by atoms with Crippen LogP contribution in [0, 0.1) is 10.1 Å². The summed E-state index contributed by atoms with van der Waals surface area (Å²) in [6, 6.07) is 0. The monoisotopic (exact) mass is 195 g/mol. The molecule has 1 rings (SSSR count). The van der Waals surface area contributed by atoms with E-state index in [0.717, 1.165) is 11.2 Å². The van der Waals surface area contributed by atoms with Crippen LogP contribution in [-0.4, -0.2) is 21.8 Å². The van der Waals surface area contributed by atoms with E-state index in [1.165, 1.54) is 0 Å². The highest BCUT2D eigenvalue weighted by atomic mass is 35.5. The normalized spacial score (nSPS) is 17.5. The lowest BCUT2D eigenvalue weighted by Gasteiger charge is -2.11. The molecule has 0 aromatic carbocycles. The first-order chi connectivity index (χ1) is 5.09. The van der Waals surface area contributed by atoms with Gasteiger partial charge in [0.1, 0.15) is 17.9 Å². The summed E-state index contributed by atoms with van der Waals surface area (Å²) in [7, 11) is 0. The predicted molar refractivity (Wildman–Crippen MR) is 40.9 cm³/mol. The third-order valence-electron chi connectivity index (χ3n) is 0.986. The standard InChI is InChI=1S/C4H3Cl2N3O2/c5-3-1-8(9(10)11)2-4(6)7-3/h1H,2H2. The molecule has 0 saturated heterocycles. The quantitative estimate of drug-likeness (QED) is 0.359. The highest BCUT2D eigenvalue weighted by molar-refractivity contribution is 6.66. The van der Waals surface area contributed by atoms with Crippen molar-refractivity contribution in [1.82, 2.24) is 5.01 Å². The Balaban J connectivity index is 2.79. The lowest BCUT2D eigenvalue weighted by molar-refractivity contribution is -0.636. The molecule has 0 N–H and O–H groups in total. The lowest BCUT2D eigenvalue weighted by atomic mass is 10.6. The fourth-order valence-corrected chi connectivity index (χ4v) is 1.06. The molecule has 0 amide bonds. The van der Waals surface area contributed by atoms with Gasteiger partial charge in [0.25, 0.3) is 0 Å². The van der Waals surface area contributed by atoms with E-state index < -0.39 is 5.03 Å². The molecule has 0 aromatic rings. The number of rotatable bonds is 1. The van der Waals surface area contributed by atoms with Gasteiger partial charge >= 0.3 is 0 Å². The van der Waals surface area contributed by atoms with Gasteiger partial charge in [0.15, 0.2) is 10.2 Å². The van der Waals surface area contributed by atoms with E-state index in [4.69, 9.17) is 23.2 Å². The minimum absolute atomic E-state index is 0.0120. The predicted octanol–water partition coefficient (Wildman–Crippen LogP) is 1.17. The number of nitrogens with zero attached hydrogens (tertiary/aromatic N) is 3. The smallest absolute Gasteiger partial charge is 0.165 e. The summed E-state index contributed by atoms with van der Waals surface area (Å²) in [5.41, 5.74) is 0. The maximum atomic E-state index is 10.2. The van der Waals surface area contributed by atoms with Crippen molar-refractivity contribution < 1.29 is 5.03 Å². The topological polar surface area (TPSA) is 58.7 Å². The number of aliphatic imine (C=N–C) groups is 1. The van der Waals surface area contributed by atoms with Crippen molar-refractivity contribution in [3.05, 3.63) is 21.5 Å². The summed E-state index contributed by atoms with van der Waals surface area (Å²) in [6.07, 6.45) is 1.10. The van der Waals surface area contributed by atoms with E-state index >= 15 is 0 Å². The van der Waals surface area contributed by atoms with Crippen molar-refractivity contribution in [1.29, 1.82) is 0 Å². The largest absolute Gasteiger partial charge is 0.234 e. The van der Waals surface area contributed by atoms with Crippen molar-refractivity contribution in [3.63, 3.8) is 0 Å². The highest BCUT2D eigenvalue weighted by Gasteiger charge is 2.18. The fraction of sp³-hybridized carbons (Fsp3) is 0.250. The van der Waals surface area contributed by atoms with Crippen molar-refractivity contribution in [3.8, 4) is 0 Å². The van der Waals surface area contributed by atoms with Gasteiger partial charge in [-0.2, -0.15) is 0 Å². The number of nitro groups is 1. The van der Waals surface area contributed by atoms with E-state index in [1.807, 2.05) is 0 Å². The first-order valence-corrected chi connectivity index (χ1v) is 3.36. The second-order valence-corrected chi connectivity index (χ2v) is 2.60. The van der Waals surface area contributed by atoms with Crippen LogP contribution >= 0.6 is 23.2 Å². The summed E-state index contributed by atoms with van der Waals surface area (Å²) in [6.45, 7) is -0.0369. The molecule has 0 unspecified atom stereocenters. The third kappa shape index (κ3) is 2.06. The average molecular weight is 196 g/mol. The number of halogens is 2. The minimum atomic E-state index is -0.612. The van der Waals surface area contributed by atoms with Gasteiger partial charge in [-0.1, -0.05) is 28.2 Å². The Morgan fingerprint density at radius 2 is 2.36 bits per heavy atom. The molecule has 0 aliphatic carbocycles. The second kappa shape index (κ2) is 3.06. The number of hydrogen-bond donors (Lipinski definition) is 0. The van der Waals surface area contributed by atoms with Crippen molar-refractivity contribution in [2.75, 3.05) is 6.54 Å². The van der Waals surface area contributed by atoms with Gasteiger partial charge in [0.05, 0.1) is 0 Å². The first kappa shape index (κ1) is 8.29. The van der Waals surface area contributed by atoms with Gasteiger partial charge in [-0.15, -0.1) is 0 Å². The Hall–Kier alpha value is -0.810. The third-order valence-corrected chi connectivity index (χ3v) is 1.37. The molecule has 11 heavy (non-hydrogen) atoms. The van der Waals surface area contributed by atoms with Gasteiger partial charge in [-0.3, -0.25) is 0 Å². The number of hydrazine groups is 1.